The van der Waals surface area contributed by atoms with Crippen molar-refractivity contribution >= 4 is 17.3 Å². The summed E-state index contributed by atoms with van der Waals surface area (Å²) in [6.45, 7) is 13.2. The Bertz CT molecular complexity index is 424. The van der Waals surface area contributed by atoms with Crippen molar-refractivity contribution in [1.82, 2.24) is 5.32 Å². The van der Waals surface area contributed by atoms with Gasteiger partial charge in [0.2, 0.25) is 0 Å². The van der Waals surface area contributed by atoms with E-state index in [1.807, 2.05) is 20.8 Å². The number of carbonyl (C=O) groups excluding carboxylic acids is 1. The highest BCUT2D eigenvalue weighted by Gasteiger charge is 2.17. The van der Waals surface area contributed by atoms with E-state index < -0.39 is 5.60 Å². The number of thiophene rings is 1. The van der Waals surface area contributed by atoms with E-state index >= 15 is 0 Å². The van der Waals surface area contributed by atoms with Gasteiger partial charge >= 0.3 is 5.97 Å². The van der Waals surface area contributed by atoms with Crippen molar-refractivity contribution in [3.63, 3.8) is 0 Å². The summed E-state index contributed by atoms with van der Waals surface area (Å²) in [6, 6.07) is 4.28. The van der Waals surface area contributed by atoms with Crippen molar-refractivity contribution < 1.29 is 9.53 Å². The van der Waals surface area contributed by atoms with Gasteiger partial charge in [-0.15, -0.1) is 11.3 Å². The molecule has 0 amide bonds. The smallest absolute Gasteiger partial charge is 0.320 e. The van der Waals surface area contributed by atoms with Crippen LogP contribution in [0.3, 0.4) is 0 Å². The Hall–Kier alpha value is -0.870. The average Bonchev–Trinajstić information content (AvgIpc) is 2.62. The Morgan fingerprint density at radius 1 is 1.21 bits per heavy atom. The molecule has 0 saturated heterocycles. The Labute approximate surface area is 120 Å². The number of rotatable bonds is 4. The molecule has 1 rings (SSSR count). The maximum absolute atomic E-state index is 11.5. The number of carbonyl (C=O) groups is 1. The number of hydrogen-bond donors (Lipinski definition) is 1. The summed E-state index contributed by atoms with van der Waals surface area (Å²) >= 11 is 1.79. The molecule has 0 spiro atoms. The third-order valence-corrected chi connectivity index (χ3v) is 3.90. The molecule has 0 aromatic carbocycles. The summed E-state index contributed by atoms with van der Waals surface area (Å²) in [4.78, 5) is 14.1. The summed E-state index contributed by atoms with van der Waals surface area (Å²) in [6.07, 6.45) is 0. The van der Waals surface area contributed by atoms with E-state index in [2.05, 4.69) is 38.2 Å². The molecule has 3 nitrogen and oxygen atoms in total. The van der Waals surface area contributed by atoms with Crippen molar-refractivity contribution in [3.05, 3.63) is 21.9 Å². The summed E-state index contributed by atoms with van der Waals surface area (Å²) < 4.78 is 5.24. The molecule has 1 N–H and O–H groups in total. The highest BCUT2D eigenvalue weighted by atomic mass is 32.1. The quantitative estimate of drug-likeness (QED) is 0.860. The van der Waals surface area contributed by atoms with Crippen molar-refractivity contribution in [2.75, 3.05) is 6.54 Å². The van der Waals surface area contributed by atoms with Crippen LogP contribution in [0.15, 0.2) is 12.1 Å². The third kappa shape index (κ3) is 6.21. The molecule has 0 aliphatic heterocycles. The lowest BCUT2D eigenvalue weighted by Gasteiger charge is -2.19. The van der Waals surface area contributed by atoms with Gasteiger partial charge in [-0.05, 0) is 38.3 Å². The van der Waals surface area contributed by atoms with Gasteiger partial charge in [-0.1, -0.05) is 20.8 Å². The van der Waals surface area contributed by atoms with Crippen LogP contribution in [0.25, 0.3) is 0 Å². The summed E-state index contributed by atoms with van der Waals surface area (Å²) in [5, 5.41) is 3.12. The molecule has 0 aliphatic carbocycles. The van der Waals surface area contributed by atoms with Crippen LogP contribution in [-0.2, 0) is 21.5 Å². The second kappa shape index (κ2) is 6.06. The van der Waals surface area contributed by atoms with E-state index in [0.717, 1.165) is 0 Å². The molecule has 1 aromatic heterocycles. The number of nitrogens with one attached hydrogen (secondary N) is 1. The van der Waals surface area contributed by atoms with Crippen LogP contribution < -0.4 is 5.32 Å². The number of esters is 1. The molecule has 4 heteroatoms. The Morgan fingerprint density at radius 2 is 1.84 bits per heavy atom. The van der Waals surface area contributed by atoms with Crippen LogP contribution in [-0.4, -0.2) is 18.1 Å². The first-order chi connectivity index (χ1) is 8.58. The summed E-state index contributed by atoms with van der Waals surface area (Å²) in [7, 11) is 0. The summed E-state index contributed by atoms with van der Waals surface area (Å²) in [5.41, 5.74) is -0.227. The highest BCUT2D eigenvalue weighted by Crippen LogP contribution is 2.29. The lowest BCUT2D eigenvalue weighted by atomic mass is 9.95. The van der Waals surface area contributed by atoms with E-state index in [0.29, 0.717) is 6.54 Å². The maximum atomic E-state index is 11.5. The van der Waals surface area contributed by atoms with Gasteiger partial charge in [-0.3, -0.25) is 4.79 Å². The lowest BCUT2D eigenvalue weighted by molar-refractivity contribution is -0.153. The molecular formula is C15H25NO2S. The van der Waals surface area contributed by atoms with Crippen molar-refractivity contribution in [2.45, 2.75) is 59.1 Å². The van der Waals surface area contributed by atoms with Gasteiger partial charge in [-0.25, -0.2) is 0 Å². The molecular weight excluding hydrogens is 258 g/mol. The van der Waals surface area contributed by atoms with Crippen molar-refractivity contribution in [3.8, 4) is 0 Å². The van der Waals surface area contributed by atoms with E-state index in [1.165, 1.54) is 9.75 Å². The standard InChI is InChI=1S/C15H25NO2S/c1-14(2,3)12-8-7-11(19-12)9-16-10-13(17)18-15(4,5)6/h7-8,16H,9-10H2,1-6H3. The zero-order valence-electron chi connectivity index (χ0n) is 12.8. The minimum Gasteiger partial charge on any atom is -0.459 e. The molecule has 0 bridgehead atoms. The SMILES string of the molecule is CC(C)(C)OC(=O)CNCc1ccc(C(C)(C)C)s1. The molecule has 0 fully saturated rings. The zero-order valence-corrected chi connectivity index (χ0v) is 13.6. The second-order valence-corrected chi connectivity index (χ2v) is 7.87. The zero-order chi connectivity index (χ0) is 14.7. The molecule has 0 aliphatic rings. The first kappa shape index (κ1) is 16.2. The predicted octanol–water partition coefficient (Wildman–Crippen LogP) is 3.48. The van der Waals surface area contributed by atoms with Crippen LogP contribution in [0.5, 0.6) is 0 Å². The van der Waals surface area contributed by atoms with Gasteiger partial charge in [0.25, 0.3) is 0 Å². The largest absolute Gasteiger partial charge is 0.459 e. The van der Waals surface area contributed by atoms with Gasteiger partial charge in [0.1, 0.15) is 5.60 Å². The van der Waals surface area contributed by atoms with Gasteiger partial charge in [0.15, 0.2) is 0 Å². The van der Waals surface area contributed by atoms with Crippen molar-refractivity contribution in [1.29, 1.82) is 0 Å². The van der Waals surface area contributed by atoms with E-state index in [-0.39, 0.29) is 17.9 Å². The van der Waals surface area contributed by atoms with Gasteiger partial charge < -0.3 is 10.1 Å². The molecule has 1 aromatic rings. The Balaban J connectivity index is 2.38. The topological polar surface area (TPSA) is 38.3 Å². The lowest BCUT2D eigenvalue weighted by Crippen LogP contribution is -2.31. The Morgan fingerprint density at radius 3 is 2.32 bits per heavy atom. The van der Waals surface area contributed by atoms with Crippen LogP contribution in [0.1, 0.15) is 51.3 Å². The minimum absolute atomic E-state index is 0.189. The molecule has 0 saturated carbocycles. The number of ether oxygens (including phenoxy) is 1. The van der Waals surface area contributed by atoms with E-state index in [9.17, 15) is 4.79 Å². The van der Waals surface area contributed by atoms with Gasteiger partial charge in [-0.2, -0.15) is 0 Å². The van der Waals surface area contributed by atoms with Crippen LogP contribution >= 0.6 is 11.3 Å². The normalized spacial score (nSPS) is 12.5. The fourth-order valence-corrected chi connectivity index (χ4v) is 2.58. The highest BCUT2D eigenvalue weighted by molar-refractivity contribution is 7.12. The fourth-order valence-electron chi connectivity index (χ4n) is 1.54. The maximum Gasteiger partial charge on any atom is 0.320 e. The molecule has 0 radical (unpaired) electrons. The van der Waals surface area contributed by atoms with Gasteiger partial charge in [0, 0.05) is 16.3 Å². The first-order valence-electron chi connectivity index (χ1n) is 6.60. The summed E-state index contributed by atoms with van der Waals surface area (Å²) in [5.74, 6) is -0.208. The van der Waals surface area contributed by atoms with Crippen LogP contribution in [0.2, 0.25) is 0 Å². The van der Waals surface area contributed by atoms with Crippen LogP contribution in [0.4, 0.5) is 0 Å². The molecule has 0 unspecified atom stereocenters. The number of hydrogen-bond acceptors (Lipinski definition) is 4. The molecule has 0 atom stereocenters. The fraction of sp³-hybridized carbons (Fsp3) is 0.667. The molecule has 1 heterocycles. The second-order valence-electron chi connectivity index (χ2n) is 6.71. The van der Waals surface area contributed by atoms with E-state index in [1.54, 1.807) is 11.3 Å². The predicted molar refractivity (Wildman–Crippen MR) is 80.6 cm³/mol. The Kier molecular flexibility index (Phi) is 5.16. The monoisotopic (exact) mass is 283 g/mol. The molecule has 108 valence electrons. The minimum atomic E-state index is -0.416. The van der Waals surface area contributed by atoms with E-state index in [4.69, 9.17) is 4.74 Å². The average molecular weight is 283 g/mol. The third-order valence-electron chi connectivity index (χ3n) is 2.39. The van der Waals surface area contributed by atoms with Gasteiger partial charge in [0.05, 0.1) is 6.54 Å². The first-order valence-corrected chi connectivity index (χ1v) is 7.41. The van der Waals surface area contributed by atoms with Crippen LogP contribution in [0, 0.1) is 0 Å². The van der Waals surface area contributed by atoms with Crippen molar-refractivity contribution in [2.24, 2.45) is 0 Å². The molecule has 19 heavy (non-hydrogen) atoms.